The summed E-state index contributed by atoms with van der Waals surface area (Å²) in [7, 11) is 0. The number of nitrogens with zero attached hydrogens (tertiary/aromatic N) is 1. The fraction of sp³-hybridized carbons (Fsp3) is 0.150. The van der Waals surface area contributed by atoms with Crippen molar-refractivity contribution in [2.75, 3.05) is 0 Å². The first-order chi connectivity index (χ1) is 11.7. The average molecular weight is 355 g/mol. The number of para-hydroxylation sites is 1. The zero-order valence-electron chi connectivity index (χ0n) is 14.1. The number of aromatic nitrogens is 2. The fourth-order valence-electron chi connectivity index (χ4n) is 2.94. The number of fused-ring (bicyclic) bond motifs is 1. The van der Waals surface area contributed by atoms with Gasteiger partial charge in [0.05, 0.1) is 0 Å². The van der Waals surface area contributed by atoms with Gasteiger partial charge in [-0.2, -0.15) is 0 Å². The van der Waals surface area contributed by atoms with Crippen LogP contribution in [0.25, 0.3) is 11.0 Å². The van der Waals surface area contributed by atoms with Crippen LogP contribution < -0.4 is 4.74 Å². The maximum Gasteiger partial charge on any atom is 0.177 e. The highest BCUT2D eigenvalue weighted by atomic mass is 35.5. The van der Waals surface area contributed by atoms with Gasteiger partial charge in [-0.25, -0.2) is 4.98 Å². The molecular formula is C20H19ClN2O2. The quantitative estimate of drug-likeness (QED) is 0.520. The van der Waals surface area contributed by atoms with E-state index in [9.17, 15) is 0 Å². The summed E-state index contributed by atoms with van der Waals surface area (Å²) < 4.78 is 12.0. The van der Waals surface area contributed by atoms with Crippen LogP contribution >= 0.6 is 12.4 Å². The summed E-state index contributed by atoms with van der Waals surface area (Å²) in [5.74, 6) is 3.38. The molecule has 0 aliphatic rings. The molecule has 4 rings (SSSR count). The van der Waals surface area contributed by atoms with Crippen LogP contribution in [0.3, 0.4) is 0 Å². The van der Waals surface area contributed by atoms with Crippen LogP contribution in [0.1, 0.15) is 22.7 Å². The second-order valence-corrected chi connectivity index (χ2v) is 5.84. The van der Waals surface area contributed by atoms with Crippen LogP contribution in [-0.2, 0) is 6.42 Å². The minimum absolute atomic E-state index is 0. The third-order valence-electron chi connectivity index (χ3n) is 4.25. The summed E-state index contributed by atoms with van der Waals surface area (Å²) >= 11 is 0. The molecule has 0 saturated heterocycles. The van der Waals surface area contributed by atoms with Crippen LogP contribution in [-0.4, -0.2) is 9.97 Å². The number of benzene rings is 2. The van der Waals surface area contributed by atoms with Gasteiger partial charge in [0.25, 0.3) is 0 Å². The molecule has 0 fully saturated rings. The van der Waals surface area contributed by atoms with Crippen molar-refractivity contribution >= 4 is 23.4 Å². The summed E-state index contributed by atoms with van der Waals surface area (Å²) in [5, 5.41) is 1.11. The fourth-order valence-corrected chi connectivity index (χ4v) is 2.94. The van der Waals surface area contributed by atoms with E-state index in [1.807, 2.05) is 49.5 Å². The third-order valence-corrected chi connectivity index (χ3v) is 4.25. The average Bonchev–Trinajstić information content (AvgIpc) is 3.20. The Morgan fingerprint density at radius 2 is 1.88 bits per heavy atom. The molecule has 2 heterocycles. The number of halogens is 1. The molecule has 25 heavy (non-hydrogen) atoms. The van der Waals surface area contributed by atoms with Crippen molar-refractivity contribution < 1.29 is 9.15 Å². The van der Waals surface area contributed by atoms with Gasteiger partial charge in [0, 0.05) is 24.2 Å². The number of furan rings is 1. The Morgan fingerprint density at radius 1 is 1.08 bits per heavy atom. The van der Waals surface area contributed by atoms with E-state index >= 15 is 0 Å². The molecule has 2 aromatic heterocycles. The van der Waals surface area contributed by atoms with Gasteiger partial charge in [-0.1, -0.05) is 24.3 Å². The third kappa shape index (κ3) is 3.26. The predicted octanol–water partition coefficient (Wildman–Crippen LogP) is 5.58. The standard InChI is InChI=1S/C20H18N2O2.ClH/c1-13-14(2)23-20-17(24-16-6-4-3-5-7-16)9-8-15(19(13)20)12-18-21-10-11-22-18;/h3-11H,12H2,1-2H3,(H,21,22);1H. The van der Waals surface area contributed by atoms with E-state index in [0.717, 1.165) is 46.0 Å². The highest BCUT2D eigenvalue weighted by Gasteiger charge is 2.17. The van der Waals surface area contributed by atoms with Crippen molar-refractivity contribution in [1.82, 2.24) is 9.97 Å². The lowest BCUT2D eigenvalue weighted by Crippen LogP contribution is -1.93. The van der Waals surface area contributed by atoms with E-state index in [2.05, 4.69) is 23.0 Å². The van der Waals surface area contributed by atoms with Gasteiger partial charge in [-0.15, -0.1) is 12.4 Å². The highest BCUT2D eigenvalue weighted by molar-refractivity contribution is 5.90. The number of ether oxygens (including phenoxy) is 1. The summed E-state index contributed by atoms with van der Waals surface area (Å²) in [6.45, 7) is 4.07. The second-order valence-electron chi connectivity index (χ2n) is 5.84. The van der Waals surface area contributed by atoms with E-state index in [1.54, 1.807) is 6.20 Å². The molecule has 0 unspecified atom stereocenters. The first kappa shape index (κ1) is 17.1. The Labute approximate surface area is 152 Å². The topological polar surface area (TPSA) is 51.1 Å². The first-order valence-corrected chi connectivity index (χ1v) is 7.95. The Hall–Kier alpha value is -2.72. The largest absolute Gasteiger partial charge is 0.457 e. The van der Waals surface area contributed by atoms with E-state index in [1.165, 1.54) is 5.56 Å². The SMILES string of the molecule is Cc1oc2c(Oc3ccccc3)ccc(Cc3ncc[nH]3)c2c1C.Cl. The highest BCUT2D eigenvalue weighted by Crippen LogP contribution is 2.37. The van der Waals surface area contributed by atoms with Crippen LogP contribution in [0.15, 0.2) is 59.3 Å². The monoisotopic (exact) mass is 354 g/mol. The lowest BCUT2D eigenvalue weighted by molar-refractivity contribution is 0.468. The van der Waals surface area contributed by atoms with Gasteiger partial charge in [0.1, 0.15) is 17.3 Å². The van der Waals surface area contributed by atoms with E-state index in [-0.39, 0.29) is 12.4 Å². The normalized spacial score (nSPS) is 10.6. The number of H-pyrrole nitrogens is 1. The van der Waals surface area contributed by atoms with Crippen molar-refractivity contribution in [2.45, 2.75) is 20.3 Å². The summed E-state index contributed by atoms with van der Waals surface area (Å²) in [6.07, 6.45) is 4.34. The molecule has 4 aromatic rings. The van der Waals surface area contributed by atoms with Gasteiger partial charge >= 0.3 is 0 Å². The zero-order chi connectivity index (χ0) is 16.5. The second kappa shape index (κ2) is 7.03. The van der Waals surface area contributed by atoms with Crippen molar-refractivity contribution in [1.29, 1.82) is 0 Å². The van der Waals surface area contributed by atoms with E-state index in [0.29, 0.717) is 0 Å². The predicted molar refractivity (Wildman–Crippen MR) is 101 cm³/mol. The molecule has 0 aliphatic heterocycles. The van der Waals surface area contributed by atoms with Crippen LogP contribution in [0.5, 0.6) is 11.5 Å². The number of rotatable bonds is 4. The molecule has 0 amide bonds. The lowest BCUT2D eigenvalue weighted by atomic mass is 10.0. The Bertz CT molecular complexity index is 976. The van der Waals surface area contributed by atoms with Crippen LogP contribution in [0, 0.1) is 13.8 Å². The smallest absolute Gasteiger partial charge is 0.177 e. The van der Waals surface area contributed by atoms with Crippen LogP contribution in [0.2, 0.25) is 0 Å². The molecule has 2 aromatic carbocycles. The number of hydrogen-bond acceptors (Lipinski definition) is 3. The molecule has 128 valence electrons. The number of hydrogen-bond donors (Lipinski definition) is 1. The van der Waals surface area contributed by atoms with Crippen molar-refractivity contribution in [2.24, 2.45) is 0 Å². The van der Waals surface area contributed by atoms with Crippen molar-refractivity contribution in [3.8, 4) is 11.5 Å². The number of nitrogens with one attached hydrogen (secondary N) is 1. The molecule has 4 nitrogen and oxygen atoms in total. The molecule has 0 spiro atoms. The van der Waals surface area contributed by atoms with Crippen LogP contribution in [0.4, 0.5) is 0 Å². The molecule has 0 bridgehead atoms. The summed E-state index contributed by atoms with van der Waals surface area (Å²) in [5.41, 5.74) is 3.11. The Balaban J connectivity index is 0.00000182. The molecule has 1 N–H and O–H groups in total. The zero-order valence-corrected chi connectivity index (χ0v) is 14.9. The number of aromatic amines is 1. The minimum Gasteiger partial charge on any atom is -0.457 e. The first-order valence-electron chi connectivity index (χ1n) is 7.95. The molecule has 0 saturated carbocycles. The molecular weight excluding hydrogens is 336 g/mol. The Kier molecular flexibility index (Phi) is 4.81. The van der Waals surface area contributed by atoms with Gasteiger partial charge in [0.15, 0.2) is 11.3 Å². The van der Waals surface area contributed by atoms with Gasteiger partial charge in [0.2, 0.25) is 0 Å². The number of imidazole rings is 1. The number of aryl methyl sites for hydroxylation is 2. The summed E-state index contributed by atoms with van der Waals surface area (Å²) in [6, 6.07) is 13.8. The van der Waals surface area contributed by atoms with Gasteiger partial charge in [-0.05, 0) is 43.2 Å². The van der Waals surface area contributed by atoms with Gasteiger partial charge in [-0.3, -0.25) is 0 Å². The summed E-state index contributed by atoms with van der Waals surface area (Å²) in [4.78, 5) is 7.49. The molecule has 0 radical (unpaired) electrons. The lowest BCUT2D eigenvalue weighted by Gasteiger charge is -2.09. The Morgan fingerprint density at radius 3 is 2.60 bits per heavy atom. The van der Waals surface area contributed by atoms with Crippen molar-refractivity contribution in [3.63, 3.8) is 0 Å². The maximum absolute atomic E-state index is 6.03. The van der Waals surface area contributed by atoms with E-state index in [4.69, 9.17) is 9.15 Å². The molecule has 0 aliphatic carbocycles. The van der Waals surface area contributed by atoms with E-state index < -0.39 is 0 Å². The molecule has 5 heteroatoms. The molecule has 0 atom stereocenters. The van der Waals surface area contributed by atoms with Crippen molar-refractivity contribution in [3.05, 3.63) is 77.6 Å². The minimum atomic E-state index is 0. The van der Waals surface area contributed by atoms with Gasteiger partial charge < -0.3 is 14.1 Å². The maximum atomic E-state index is 6.03.